The number of nitrogens with zero attached hydrogens (tertiary/aromatic N) is 1. The van der Waals surface area contributed by atoms with Crippen LogP contribution in [0.5, 0.6) is 0 Å². The van der Waals surface area contributed by atoms with Crippen molar-refractivity contribution in [1.82, 2.24) is 10.2 Å². The number of likely N-dealkylation sites (tertiary alicyclic amines) is 1. The highest BCUT2D eigenvalue weighted by Crippen LogP contribution is 2.19. The van der Waals surface area contributed by atoms with Crippen molar-refractivity contribution in [3.63, 3.8) is 0 Å². The third-order valence-electron chi connectivity index (χ3n) is 3.56. The molecule has 1 aliphatic heterocycles. The zero-order valence-corrected chi connectivity index (χ0v) is 11.3. The fourth-order valence-corrected chi connectivity index (χ4v) is 2.36. The summed E-state index contributed by atoms with van der Waals surface area (Å²) in [5, 5.41) is 3.37. The summed E-state index contributed by atoms with van der Waals surface area (Å²) >= 11 is 0. The van der Waals surface area contributed by atoms with E-state index in [1.807, 2.05) is 0 Å². The summed E-state index contributed by atoms with van der Waals surface area (Å²) < 4.78 is 5.61. The molecule has 0 aromatic carbocycles. The molecule has 2 atom stereocenters. The van der Waals surface area contributed by atoms with Crippen molar-refractivity contribution < 1.29 is 4.74 Å². The van der Waals surface area contributed by atoms with Gasteiger partial charge in [0.05, 0.1) is 12.7 Å². The largest absolute Gasteiger partial charge is 0.377 e. The molecule has 0 saturated carbocycles. The molecule has 1 fully saturated rings. The lowest BCUT2D eigenvalue weighted by Crippen LogP contribution is -2.44. The van der Waals surface area contributed by atoms with E-state index >= 15 is 0 Å². The molecule has 1 aliphatic rings. The highest BCUT2D eigenvalue weighted by Gasteiger charge is 2.23. The Morgan fingerprint density at radius 2 is 2.12 bits per heavy atom. The fourth-order valence-electron chi connectivity index (χ4n) is 2.36. The molecule has 0 aromatic heterocycles. The van der Waals surface area contributed by atoms with E-state index in [9.17, 15) is 0 Å². The summed E-state index contributed by atoms with van der Waals surface area (Å²) in [7, 11) is 2.06. The Labute approximate surface area is 101 Å². The fraction of sp³-hybridized carbons (Fsp3) is 1.00. The average molecular weight is 228 g/mol. The Kier molecular flexibility index (Phi) is 6.32. The molecule has 0 spiro atoms. The molecule has 1 N–H and O–H groups in total. The van der Waals surface area contributed by atoms with E-state index in [1.54, 1.807) is 0 Å². The van der Waals surface area contributed by atoms with Crippen molar-refractivity contribution in [2.45, 2.75) is 45.8 Å². The second-order valence-corrected chi connectivity index (χ2v) is 5.20. The van der Waals surface area contributed by atoms with Gasteiger partial charge in [-0.05, 0) is 53.1 Å². The van der Waals surface area contributed by atoms with E-state index in [0.29, 0.717) is 12.1 Å². The van der Waals surface area contributed by atoms with E-state index in [-0.39, 0.29) is 0 Å². The van der Waals surface area contributed by atoms with Gasteiger partial charge in [0.1, 0.15) is 0 Å². The van der Waals surface area contributed by atoms with Crippen molar-refractivity contribution in [1.29, 1.82) is 0 Å². The molecule has 0 aromatic rings. The van der Waals surface area contributed by atoms with Crippen LogP contribution in [0.3, 0.4) is 0 Å². The maximum atomic E-state index is 5.61. The maximum absolute atomic E-state index is 5.61. The second kappa shape index (κ2) is 7.25. The van der Waals surface area contributed by atoms with Gasteiger partial charge in [0.25, 0.3) is 0 Å². The van der Waals surface area contributed by atoms with Gasteiger partial charge in [0.2, 0.25) is 0 Å². The summed E-state index contributed by atoms with van der Waals surface area (Å²) in [4.78, 5) is 2.55. The van der Waals surface area contributed by atoms with Crippen LogP contribution in [0.1, 0.15) is 33.6 Å². The number of piperidine rings is 1. The molecular formula is C13H28N2O. The van der Waals surface area contributed by atoms with Crippen molar-refractivity contribution in [3.8, 4) is 0 Å². The molecule has 3 heteroatoms. The summed E-state index contributed by atoms with van der Waals surface area (Å²) in [6.45, 7) is 10.9. The summed E-state index contributed by atoms with van der Waals surface area (Å²) in [6.07, 6.45) is 3.05. The number of ether oxygens (including phenoxy) is 1. The van der Waals surface area contributed by atoms with Gasteiger partial charge in [-0.1, -0.05) is 0 Å². The average Bonchev–Trinajstić information content (AvgIpc) is 2.28. The van der Waals surface area contributed by atoms with Crippen LogP contribution >= 0.6 is 0 Å². The smallest absolute Gasteiger partial charge is 0.0596 e. The second-order valence-electron chi connectivity index (χ2n) is 5.20. The minimum atomic E-state index is 0.358. The third-order valence-corrected chi connectivity index (χ3v) is 3.56. The van der Waals surface area contributed by atoms with Gasteiger partial charge in [-0.2, -0.15) is 0 Å². The van der Waals surface area contributed by atoms with Gasteiger partial charge in [-0.15, -0.1) is 0 Å². The molecule has 1 heterocycles. The molecule has 0 amide bonds. The standard InChI is InChI=1S/C13H28N2O/c1-11(2)16-9-8-15-7-5-6-13(10-15)12(3)14-4/h11-14H,5-10H2,1-4H3. The SMILES string of the molecule is CNC(C)C1CCCN(CCOC(C)C)C1. The predicted molar refractivity (Wildman–Crippen MR) is 68.8 cm³/mol. The zero-order valence-electron chi connectivity index (χ0n) is 11.3. The van der Waals surface area contributed by atoms with Crippen LogP contribution in [-0.4, -0.2) is 50.3 Å². The van der Waals surface area contributed by atoms with Gasteiger partial charge in [-0.3, -0.25) is 0 Å². The van der Waals surface area contributed by atoms with Gasteiger partial charge in [0, 0.05) is 19.1 Å². The van der Waals surface area contributed by atoms with E-state index in [4.69, 9.17) is 4.74 Å². The Bertz CT molecular complexity index is 185. The predicted octanol–water partition coefficient (Wildman–Crippen LogP) is 1.73. The van der Waals surface area contributed by atoms with Gasteiger partial charge in [0.15, 0.2) is 0 Å². The van der Waals surface area contributed by atoms with Crippen molar-refractivity contribution >= 4 is 0 Å². The van der Waals surface area contributed by atoms with Crippen molar-refractivity contribution in [2.24, 2.45) is 5.92 Å². The van der Waals surface area contributed by atoms with Crippen LogP contribution in [0.2, 0.25) is 0 Å². The van der Waals surface area contributed by atoms with Crippen molar-refractivity contribution in [3.05, 3.63) is 0 Å². The van der Waals surface area contributed by atoms with Gasteiger partial charge >= 0.3 is 0 Å². The quantitative estimate of drug-likeness (QED) is 0.749. The maximum Gasteiger partial charge on any atom is 0.0596 e. The number of rotatable bonds is 6. The Hall–Kier alpha value is -0.120. The van der Waals surface area contributed by atoms with Crippen molar-refractivity contribution in [2.75, 3.05) is 33.3 Å². The lowest BCUT2D eigenvalue weighted by Gasteiger charge is -2.35. The number of nitrogens with one attached hydrogen (secondary N) is 1. The van der Waals surface area contributed by atoms with Gasteiger partial charge in [-0.25, -0.2) is 0 Å². The Morgan fingerprint density at radius 1 is 1.38 bits per heavy atom. The summed E-state index contributed by atoms with van der Waals surface area (Å²) in [5.41, 5.74) is 0. The first-order valence-corrected chi connectivity index (χ1v) is 6.64. The number of hydrogen-bond donors (Lipinski definition) is 1. The first kappa shape index (κ1) is 13.9. The molecule has 96 valence electrons. The molecule has 16 heavy (non-hydrogen) atoms. The topological polar surface area (TPSA) is 24.5 Å². The molecule has 2 unspecified atom stereocenters. The molecule has 0 bridgehead atoms. The molecule has 0 radical (unpaired) electrons. The lowest BCUT2D eigenvalue weighted by atomic mass is 9.92. The van der Waals surface area contributed by atoms with E-state index in [2.05, 4.69) is 38.0 Å². The molecule has 1 saturated heterocycles. The molecule has 3 nitrogen and oxygen atoms in total. The Morgan fingerprint density at radius 3 is 2.75 bits per heavy atom. The van der Waals surface area contributed by atoms with Crippen LogP contribution in [0, 0.1) is 5.92 Å². The van der Waals surface area contributed by atoms with Crippen LogP contribution in [0.4, 0.5) is 0 Å². The monoisotopic (exact) mass is 228 g/mol. The first-order valence-electron chi connectivity index (χ1n) is 6.64. The molecule has 0 aliphatic carbocycles. The number of hydrogen-bond acceptors (Lipinski definition) is 3. The van der Waals surface area contributed by atoms with Crippen LogP contribution < -0.4 is 5.32 Å². The van der Waals surface area contributed by atoms with Crippen LogP contribution in [0.15, 0.2) is 0 Å². The zero-order chi connectivity index (χ0) is 12.0. The van der Waals surface area contributed by atoms with E-state index in [1.165, 1.54) is 25.9 Å². The highest BCUT2D eigenvalue weighted by molar-refractivity contribution is 4.79. The summed E-state index contributed by atoms with van der Waals surface area (Å²) in [5.74, 6) is 0.804. The summed E-state index contributed by atoms with van der Waals surface area (Å²) in [6, 6.07) is 0.633. The van der Waals surface area contributed by atoms with Crippen LogP contribution in [-0.2, 0) is 4.74 Å². The first-order chi connectivity index (χ1) is 7.63. The molecular weight excluding hydrogens is 200 g/mol. The molecule has 1 rings (SSSR count). The Balaban J connectivity index is 2.22. The van der Waals surface area contributed by atoms with E-state index < -0.39 is 0 Å². The lowest BCUT2D eigenvalue weighted by molar-refractivity contribution is 0.0462. The van der Waals surface area contributed by atoms with Gasteiger partial charge < -0.3 is 15.0 Å². The highest BCUT2D eigenvalue weighted by atomic mass is 16.5. The third kappa shape index (κ3) is 4.81. The minimum absolute atomic E-state index is 0.358. The van der Waals surface area contributed by atoms with Crippen LogP contribution in [0.25, 0.3) is 0 Å². The minimum Gasteiger partial charge on any atom is -0.377 e. The normalized spacial score (nSPS) is 24.9. The van der Waals surface area contributed by atoms with E-state index in [0.717, 1.165) is 19.1 Å².